The predicted octanol–water partition coefficient (Wildman–Crippen LogP) is 2.40. The van der Waals surface area contributed by atoms with Gasteiger partial charge >= 0.3 is 0 Å². The molecular weight excluding hydrogens is 438 g/mol. The van der Waals surface area contributed by atoms with Crippen LogP contribution in [0.3, 0.4) is 0 Å². The summed E-state index contributed by atoms with van der Waals surface area (Å²) >= 11 is 0. The second-order valence-electron chi connectivity index (χ2n) is 8.27. The van der Waals surface area contributed by atoms with Gasteiger partial charge in [0.1, 0.15) is 22.4 Å². The Labute approximate surface area is 192 Å². The Balaban J connectivity index is 1.95. The van der Waals surface area contributed by atoms with Crippen LogP contribution in [0.5, 0.6) is 0 Å². The van der Waals surface area contributed by atoms with Crippen LogP contribution < -0.4 is 10.5 Å². The molecule has 1 aromatic carbocycles. The summed E-state index contributed by atoms with van der Waals surface area (Å²) < 4.78 is 27.8. The van der Waals surface area contributed by atoms with E-state index in [1.807, 2.05) is 31.9 Å². The van der Waals surface area contributed by atoms with E-state index in [1.54, 1.807) is 30.5 Å². The molecule has 0 atom stereocenters. The van der Waals surface area contributed by atoms with Crippen molar-refractivity contribution in [2.45, 2.75) is 18.7 Å². The normalized spacial score (nSPS) is 15.6. The van der Waals surface area contributed by atoms with E-state index in [-0.39, 0.29) is 10.5 Å². The molecule has 1 aliphatic rings. The largest absolute Gasteiger partial charge is 0.353 e. The van der Waals surface area contributed by atoms with Gasteiger partial charge < -0.3 is 9.80 Å². The molecule has 4 rings (SSSR count). The zero-order valence-corrected chi connectivity index (χ0v) is 19.6. The van der Waals surface area contributed by atoms with E-state index >= 15 is 0 Å². The second-order valence-corrected chi connectivity index (χ2v) is 10.2. The molecule has 1 saturated heterocycles. The molecule has 3 heterocycles. The standard InChI is InChI=1S/C24H25N5O3S/c1-17-6-8-19(9-7-17)33(31,32)20(16-25)15-21-23(28-13-11-27(3)12-14-28)26-22-18(2)5-4-10-29(22)24(21)30/h4-10,15H,11-14H2,1-3H3. The number of piperazine rings is 1. The summed E-state index contributed by atoms with van der Waals surface area (Å²) in [4.78, 5) is 21.9. The molecule has 1 fully saturated rings. The van der Waals surface area contributed by atoms with E-state index in [0.717, 1.165) is 24.2 Å². The number of hydrogen-bond donors (Lipinski definition) is 0. The number of allylic oxidation sites excluding steroid dienone is 1. The quantitative estimate of drug-likeness (QED) is 0.548. The smallest absolute Gasteiger partial charge is 0.267 e. The van der Waals surface area contributed by atoms with Crippen molar-refractivity contribution in [2.24, 2.45) is 0 Å². The SMILES string of the molecule is Cc1ccc(S(=O)(=O)C(C#N)=Cc2c(N3CCN(C)CC3)nc3c(C)cccn3c2=O)cc1. The summed E-state index contributed by atoms with van der Waals surface area (Å²) in [5.74, 6) is 0.397. The van der Waals surface area contributed by atoms with Crippen molar-refractivity contribution < 1.29 is 8.42 Å². The summed E-state index contributed by atoms with van der Waals surface area (Å²) in [5, 5.41) is 9.78. The maximum absolute atomic E-state index is 13.5. The number of rotatable bonds is 4. The lowest BCUT2D eigenvalue weighted by molar-refractivity contribution is 0.312. The van der Waals surface area contributed by atoms with Gasteiger partial charge in [-0.2, -0.15) is 5.26 Å². The summed E-state index contributed by atoms with van der Waals surface area (Å²) in [6.45, 7) is 6.56. The molecule has 0 bridgehead atoms. The monoisotopic (exact) mass is 463 g/mol. The van der Waals surface area contributed by atoms with Gasteiger partial charge in [-0.15, -0.1) is 0 Å². The number of hydrogen-bond acceptors (Lipinski definition) is 7. The van der Waals surface area contributed by atoms with Crippen LogP contribution in [0.4, 0.5) is 5.82 Å². The Morgan fingerprint density at radius 1 is 1.09 bits per heavy atom. The summed E-state index contributed by atoms with van der Waals surface area (Å²) in [7, 11) is -2.08. The minimum atomic E-state index is -4.10. The minimum Gasteiger partial charge on any atom is -0.353 e. The molecule has 3 aromatic rings. The molecule has 9 heteroatoms. The lowest BCUT2D eigenvalue weighted by Gasteiger charge is -2.34. The van der Waals surface area contributed by atoms with Gasteiger partial charge in [0.2, 0.25) is 9.84 Å². The predicted molar refractivity (Wildman–Crippen MR) is 128 cm³/mol. The number of sulfone groups is 1. The van der Waals surface area contributed by atoms with Gasteiger partial charge in [-0.3, -0.25) is 9.20 Å². The lowest BCUT2D eigenvalue weighted by atomic mass is 10.2. The van der Waals surface area contributed by atoms with E-state index in [2.05, 4.69) is 4.90 Å². The first-order valence-corrected chi connectivity index (χ1v) is 12.1. The zero-order chi connectivity index (χ0) is 23.8. The highest BCUT2D eigenvalue weighted by Crippen LogP contribution is 2.25. The first kappa shape index (κ1) is 22.7. The third-order valence-electron chi connectivity index (χ3n) is 5.87. The minimum absolute atomic E-state index is 0.00624. The van der Waals surface area contributed by atoms with Crippen molar-refractivity contribution in [3.8, 4) is 6.07 Å². The van der Waals surface area contributed by atoms with Gasteiger partial charge in [-0.05, 0) is 50.7 Å². The number of nitriles is 1. The maximum Gasteiger partial charge on any atom is 0.267 e. The molecule has 33 heavy (non-hydrogen) atoms. The second kappa shape index (κ2) is 8.81. The van der Waals surface area contributed by atoms with Gasteiger partial charge in [-0.25, -0.2) is 13.4 Å². The summed E-state index contributed by atoms with van der Waals surface area (Å²) in [5.41, 5.74) is 1.92. The first-order chi connectivity index (χ1) is 15.7. The Morgan fingerprint density at radius 3 is 2.39 bits per heavy atom. The molecule has 2 aromatic heterocycles. The molecule has 0 radical (unpaired) electrons. The molecule has 8 nitrogen and oxygen atoms in total. The number of aromatic nitrogens is 2. The summed E-state index contributed by atoms with van der Waals surface area (Å²) in [6, 6.07) is 11.7. The third-order valence-corrected chi connectivity index (χ3v) is 7.55. The van der Waals surface area contributed by atoms with Gasteiger partial charge in [-0.1, -0.05) is 23.8 Å². The van der Waals surface area contributed by atoms with Crippen LogP contribution in [0.1, 0.15) is 16.7 Å². The van der Waals surface area contributed by atoms with Crippen molar-refractivity contribution in [1.82, 2.24) is 14.3 Å². The molecule has 0 aliphatic carbocycles. The topological polar surface area (TPSA) is 98.8 Å². The number of pyridine rings is 1. The molecule has 0 unspecified atom stereocenters. The van der Waals surface area contributed by atoms with Gasteiger partial charge in [0.05, 0.1) is 10.5 Å². The molecular formula is C24H25N5O3S. The number of aryl methyl sites for hydroxylation is 2. The fourth-order valence-electron chi connectivity index (χ4n) is 3.83. The highest BCUT2D eigenvalue weighted by atomic mass is 32.2. The van der Waals surface area contributed by atoms with Crippen LogP contribution in [0.25, 0.3) is 11.7 Å². The average Bonchev–Trinajstić information content (AvgIpc) is 2.79. The van der Waals surface area contributed by atoms with Gasteiger partial charge in [0.25, 0.3) is 5.56 Å². The zero-order valence-electron chi connectivity index (χ0n) is 18.8. The lowest BCUT2D eigenvalue weighted by Crippen LogP contribution is -2.45. The van der Waals surface area contributed by atoms with Gasteiger partial charge in [0.15, 0.2) is 0 Å². The summed E-state index contributed by atoms with van der Waals surface area (Å²) in [6.07, 6.45) is 2.77. The van der Waals surface area contributed by atoms with Crippen molar-refractivity contribution in [1.29, 1.82) is 5.26 Å². The van der Waals surface area contributed by atoms with E-state index in [9.17, 15) is 18.5 Å². The van der Waals surface area contributed by atoms with Crippen LogP contribution in [0.15, 0.2) is 57.2 Å². The molecule has 1 aliphatic heterocycles. The Kier molecular flexibility index (Phi) is 6.06. The number of benzene rings is 1. The molecule has 0 saturated carbocycles. The number of fused-ring (bicyclic) bond motifs is 1. The first-order valence-electron chi connectivity index (χ1n) is 10.6. The fourth-order valence-corrected chi connectivity index (χ4v) is 4.97. The van der Waals surface area contributed by atoms with E-state index in [1.165, 1.54) is 22.6 Å². The molecule has 0 N–H and O–H groups in total. The van der Waals surface area contributed by atoms with Gasteiger partial charge in [0, 0.05) is 32.4 Å². The van der Waals surface area contributed by atoms with Crippen molar-refractivity contribution in [3.05, 3.63) is 74.5 Å². The van der Waals surface area contributed by atoms with E-state index < -0.39 is 20.3 Å². The number of anilines is 1. The van der Waals surface area contributed by atoms with Crippen molar-refractivity contribution in [2.75, 3.05) is 38.1 Å². The van der Waals surface area contributed by atoms with Crippen LogP contribution in [0.2, 0.25) is 0 Å². The highest BCUT2D eigenvalue weighted by Gasteiger charge is 2.25. The van der Waals surface area contributed by atoms with Crippen LogP contribution in [0, 0.1) is 25.2 Å². The van der Waals surface area contributed by atoms with Crippen LogP contribution >= 0.6 is 0 Å². The van der Waals surface area contributed by atoms with Crippen LogP contribution in [-0.2, 0) is 9.84 Å². The Hall–Kier alpha value is -3.48. The van der Waals surface area contributed by atoms with Crippen molar-refractivity contribution in [3.63, 3.8) is 0 Å². The number of nitrogens with zero attached hydrogens (tertiary/aromatic N) is 5. The Morgan fingerprint density at radius 2 is 1.76 bits per heavy atom. The van der Waals surface area contributed by atoms with Crippen LogP contribution in [-0.4, -0.2) is 55.9 Å². The highest BCUT2D eigenvalue weighted by molar-refractivity contribution is 7.95. The van der Waals surface area contributed by atoms with Crippen molar-refractivity contribution >= 4 is 27.4 Å². The van der Waals surface area contributed by atoms with E-state index in [4.69, 9.17) is 4.98 Å². The maximum atomic E-state index is 13.5. The average molecular weight is 464 g/mol. The molecule has 0 spiro atoms. The fraction of sp³-hybridized carbons (Fsp3) is 0.292. The Bertz CT molecular complexity index is 1440. The molecule has 0 amide bonds. The molecule has 170 valence electrons. The third kappa shape index (κ3) is 4.27. The number of likely N-dealkylation sites (N-methyl/N-ethyl adjacent to an activating group) is 1. The van der Waals surface area contributed by atoms with E-state index in [0.29, 0.717) is 24.6 Å².